The van der Waals surface area contributed by atoms with Crippen molar-refractivity contribution in [3.8, 4) is 0 Å². The molecule has 2 saturated carbocycles. The largest absolute Gasteiger partial charge is 0.296 e. The Morgan fingerprint density at radius 3 is 2.42 bits per heavy atom. The van der Waals surface area contributed by atoms with Gasteiger partial charge in [0.1, 0.15) is 0 Å². The smallest absolute Gasteiger partial charge is 0.265 e. The molecule has 0 saturated heterocycles. The highest BCUT2D eigenvalue weighted by Crippen LogP contribution is 2.55. The molecule has 4 nitrogen and oxygen atoms in total. The van der Waals surface area contributed by atoms with Gasteiger partial charge < -0.3 is 0 Å². The highest BCUT2D eigenvalue weighted by atomic mass is 32.2. The first-order valence-corrected chi connectivity index (χ1v) is 8.25. The molecule has 3 rings (SSSR count). The molecule has 1 aromatic carbocycles. The number of fused-ring (bicyclic) bond motifs is 2. The van der Waals surface area contributed by atoms with Crippen LogP contribution in [-0.2, 0) is 24.7 Å². The van der Waals surface area contributed by atoms with Gasteiger partial charge in [0, 0.05) is 11.8 Å². The summed E-state index contributed by atoms with van der Waals surface area (Å²) >= 11 is 0. The summed E-state index contributed by atoms with van der Waals surface area (Å²) in [4.78, 5) is 12.6. The standard InChI is InChI=1S/C14H16O4S/c1-19(16,17)18-14(11-5-3-2-4-6-11)12-8-7-10(9-12)13(14)15/h2-6,10,12H,7-9H2,1H3/t10-,12+,14+/m0/s1. The predicted octanol–water partition coefficient (Wildman–Crippen LogP) is 1.86. The fourth-order valence-electron chi connectivity index (χ4n) is 3.55. The number of hydrogen-bond donors (Lipinski definition) is 0. The van der Waals surface area contributed by atoms with Gasteiger partial charge in [-0.3, -0.25) is 8.98 Å². The fraction of sp³-hybridized carbons (Fsp3) is 0.500. The van der Waals surface area contributed by atoms with Gasteiger partial charge in [0.25, 0.3) is 10.1 Å². The Balaban J connectivity index is 2.15. The van der Waals surface area contributed by atoms with Crippen LogP contribution < -0.4 is 0 Å². The Labute approximate surface area is 112 Å². The molecule has 0 radical (unpaired) electrons. The van der Waals surface area contributed by atoms with Crippen molar-refractivity contribution in [1.82, 2.24) is 0 Å². The van der Waals surface area contributed by atoms with Gasteiger partial charge in [0.05, 0.1) is 6.26 Å². The number of benzene rings is 1. The Morgan fingerprint density at radius 1 is 1.21 bits per heavy atom. The average Bonchev–Trinajstić information content (AvgIpc) is 2.92. The monoisotopic (exact) mass is 280 g/mol. The third-order valence-electron chi connectivity index (χ3n) is 4.23. The van der Waals surface area contributed by atoms with Gasteiger partial charge in [0.2, 0.25) is 0 Å². The van der Waals surface area contributed by atoms with Crippen molar-refractivity contribution in [3.63, 3.8) is 0 Å². The SMILES string of the molecule is CS(=O)(=O)O[C@@]1(c2ccccc2)C(=O)[C@H]2CC[C@@H]1C2. The number of rotatable bonds is 3. The van der Waals surface area contributed by atoms with E-state index in [0.29, 0.717) is 5.56 Å². The fourth-order valence-corrected chi connectivity index (χ4v) is 4.34. The van der Waals surface area contributed by atoms with Gasteiger partial charge in [-0.1, -0.05) is 30.3 Å². The van der Waals surface area contributed by atoms with Crippen molar-refractivity contribution in [2.45, 2.75) is 24.9 Å². The molecular weight excluding hydrogens is 264 g/mol. The van der Waals surface area contributed by atoms with Crippen molar-refractivity contribution >= 4 is 15.9 Å². The second-order valence-electron chi connectivity index (χ2n) is 5.46. The van der Waals surface area contributed by atoms with E-state index < -0.39 is 15.7 Å². The second kappa shape index (κ2) is 4.15. The summed E-state index contributed by atoms with van der Waals surface area (Å²) in [5.41, 5.74) is -0.616. The summed E-state index contributed by atoms with van der Waals surface area (Å²) < 4.78 is 28.6. The van der Waals surface area contributed by atoms with Gasteiger partial charge >= 0.3 is 0 Å². The van der Waals surface area contributed by atoms with Gasteiger partial charge in [-0.05, 0) is 24.8 Å². The molecule has 102 valence electrons. The van der Waals surface area contributed by atoms with Crippen molar-refractivity contribution in [3.05, 3.63) is 35.9 Å². The lowest BCUT2D eigenvalue weighted by Crippen LogP contribution is -2.45. The summed E-state index contributed by atoms with van der Waals surface area (Å²) in [5, 5.41) is 0. The van der Waals surface area contributed by atoms with E-state index in [9.17, 15) is 13.2 Å². The first kappa shape index (κ1) is 12.8. The Morgan fingerprint density at radius 2 is 1.89 bits per heavy atom. The Hall–Kier alpha value is -1.20. The van der Waals surface area contributed by atoms with Crippen LogP contribution in [0.15, 0.2) is 30.3 Å². The summed E-state index contributed by atoms with van der Waals surface area (Å²) in [5.74, 6) is -0.144. The van der Waals surface area contributed by atoms with Crippen LogP contribution in [0.4, 0.5) is 0 Å². The average molecular weight is 280 g/mol. The topological polar surface area (TPSA) is 60.4 Å². The van der Waals surface area contributed by atoms with Crippen LogP contribution in [0, 0.1) is 11.8 Å². The van der Waals surface area contributed by atoms with Crippen molar-refractivity contribution in [2.24, 2.45) is 11.8 Å². The van der Waals surface area contributed by atoms with E-state index in [2.05, 4.69) is 0 Å². The maximum Gasteiger partial charge on any atom is 0.265 e. The number of Topliss-reactive ketones (excluding diaryl/α,β-unsaturated/α-hetero) is 1. The van der Waals surface area contributed by atoms with E-state index in [1.807, 2.05) is 18.2 Å². The first-order valence-electron chi connectivity index (χ1n) is 6.44. The molecule has 2 aliphatic rings. The molecular formula is C14H16O4S. The van der Waals surface area contributed by atoms with Gasteiger partial charge in [-0.2, -0.15) is 8.42 Å². The first-order chi connectivity index (χ1) is 8.93. The zero-order chi connectivity index (χ0) is 13.7. The van der Waals surface area contributed by atoms with Crippen molar-refractivity contribution in [1.29, 1.82) is 0 Å². The molecule has 0 N–H and O–H groups in total. The highest BCUT2D eigenvalue weighted by molar-refractivity contribution is 7.86. The molecule has 2 fully saturated rings. The van der Waals surface area contributed by atoms with E-state index in [1.165, 1.54) is 0 Å². The molecule has 0 unspecified atom stereocenters. The van der Waals surface area contributed by atoms with E-state index in [4.69, 9.17) is 4.18 Å². The van der Waals surface area contributed by atoms with Crippen LogP contribution in [-0.4, -0.2) is 20.5 Å². The number of ketones is 1. The zero-order valence-electron chi connectivity index (χ0n) is 10.7. The quantitative estimate of drug-likeness (QED) is 0.793. The number of carbonyl (C=O) groups excluding carboxylic acids is 1. The maximum absolute atomic E-state index is 12.6. The minimum Gasteiger partial charge on any atom is -0.296 e. The predicted molar refractivity (Wildman–Crippen MR) is 69.9 cm³/mol. The minimum absolute atomic E-state index is 0.0258. The number of carbonyl (C=O) groups is 1. The zero-order valence-corrected chi connectivity index (χ0v) is 11.5. The van der Waals surface area contributed by atoms with E-state index in [-0.39, 0.29) is 17.6 Å². The normalized spacial score (nSPS) is 33.8. The third kappa shape index (κ3) is 1.92. The molecule has 2 bridgehead atoms. The van der Waals surface area contributed by atoms with Crippen LogP contribution in [0.3, 0.4) is 0 Å². The third-order valence-corrected chi connectivity index (χ3v) is 4.80. The number of hydrogen-bond acceptors (Lipinski definition) is 4. The molecule has 0 amide bonds. The molecule has 0 heterocycles. The lowest BCUT2D eigenvalue weighted by atomic mass is 9.78. The van der Waals surface area contributed by atoms with Gasteiger partial charge in [-0.15, -0.1) is 0 Å². The lowest BCUT2D eigenvalue weighted by molar-refractivity contribution is -0.139. The van der Waals surface area contributed by atoms with Crippen LogP contribution in [0.5, 0.6) is 0 Å². The molecule has 0 aliphatic heterocycles. The molecule has 2 aliphatic carbocycles. The van der Waals surface area contributed by atoms with Gasteiger partial charge in [-0.25, -0.2) is 0 Å². The van der Waals surface area contributed by atoms with E-state index in [0.717, 1.165) is 25.5 Å². The van der Waals surface area contributed by atoms with Crippen LogP contribution in [0.2, 0.25) is 0 Å². The van der Waals surface area contributed by atoms with Crippen LogP contribution >= 0.6 is 0 Å². The summed E-state index contributed by atoms with van der Waals surface area (Å²) in [6.45, 7) is 0. The second-order valence-corrected chi connectivity index (χ2v) is 7.04. The Bertz CT molecular complexity index is 608. The van der Waals surface area contributed by atoms with Crippen LogP contribution in [0.25, 0.3) is 0 Å². The minimum atomic E-state index is -3.69. The molecule has 5 heteroatoms. The molecule has 0 aromatic heterocycles. The van der Waals surface area contributed by atoms with Crippen molar-refractivity contribution in [2.75, 3.05) is 6.26 Å². The van der Waals surface area contributed by atoms with Crippen molar-refractivity contribution < 1.29 is 17.4 Å². The summed E-state index contributed by atoms with van der Waals surface area (Å²) in [7, 11) is -3.69. The van der Waals surface area contributed by atoms with E-state index >= 15 is 0 Å². The summed E-state index contributed by atoms with van der Waals surface area (Å²) in [6, 6.07) is 9.02. The van der Waals surface area contributed by atoms with Crippen LogP contribution in [0.1, 0.15) is 24.8 Å². The molecule has 1 aromatic rings. The lowest BCUT2D eigenvalue weighted by Gasteiger charge is -2.35. The maximum atomic E-state index is 12.6. The molecule has 0 spiro atoms. The summed E-state index contributed by atoms with van der Waals surface area (Å²) in [6.07, 6.45) is 3.45. The molecule has 19 heavy (non-hydrogen) atoms. The highest BCUT2D eigenvalue weighted by Gasteiger charge is 2.61. The van der Waals surface area contributed by atoms with Gasteiger partial charge in [0.15, 0.2) is 11.4 Å². The van der Waals surface area contributed by atoms with E-state index in [1.54, 1.807) is 12.1 Å². The Kier molecular flexibility index (Phi) is 2.80. The molecule has 3 atom stereocenters.